The van der Waals surface area contributed by atoms with Crippen molar-refractivity contribution in [3.8, 4) is 11.4 Å². The quantitative estimate of drug-likeness (QED) is 0.0462. The lowest BCUT2D eigenvalue weighted by Crippen LogP contribution is -2.14. The first-order valence-electron chi connectivity index (χ1n) is 24.8. The van der Waals surface area contributed by atoms with Crippen LogP contribution in [0, 0.1) is 0 Å². The molecule has 2 aliphatic rings. The number of carbonyl (C=O) groups is 2. The zero-order valence-corrected chi connectivity index (χ0v) is 53.2. The van der Waals surface area contributed by atoms with Gasteiger partial charge in [-0.05, 0) is 166 Å². The van der Waals surface area contributed by atoms with Crippen LogP contribution in [0.2, 0.25) is 0 Å². The number of halogens is 4. The number of carbonyl (C=O) groups excluding carboxylic acids is 2. The number of hydrogen-bond acceptors (Lipinski definition) is 16. The summed E-state index contributed by atoms with van der Waals surface area (Å²) in [6.45, 7) is 7.94. The molecule has 0 saturated carbocycles. The topological polar surface area (TPSA) is 339 Å². The van der Waals surface area contributed by atoms with Crippen LogP contribution in [0.4, 0.5) is 22.7 Å². The first-order chi connectivity index (χ1) is 37.6. The van der Waals surface area contributed by atoms with E-state index in [2.05, 4.69) is 112 Å². The predicted octanol–water partition coefficient (Wildman–Crippen LogP) is 11.1. The smallest absolute Gasteiger partial charge is 0.412 e. The van der Waals surface area contributed by atoms with E-state index in [4.69, 9.17) is 37.5 Å². The van der Waals surface area contributed by atoms with Gasteiger partial charge in [-0.2, -0.15) is 0 Å². The summed E-state index contributed by atoms with van der Waals surface area (Å²) in [5.41, 5.74) is 28.8. The number of amides is 1. The van der Waals surface area contributed by atoms with E-state index in [1.807, 2.05) is 100.0 Å². The Morgan fingerprint density at radius 2 is 1.17 bits per heavy atom. The summed E-state index contributed by atoms with van der Waals surface area (Å²) in [4.78, 5) is 58.4. The number of primary amides is 1. The van der Waals surface area contributed by atoms with Gasteiger partial charge in [-0.15, -0.1) is 0 Å². The van der Waals surface area contributed by atoms with Crippen molar-refractivity contribution in [2.45, 2.75) is 59.6 Å². The Balaban J connectivity index is 0. The molecule has 0 atom stereocenters. The SMILES string of the molecule is C.C1CCOC1.C1CCOC1.CC(C)O.CN(C)c1ccc(-c2ncc3cc(Br)ccc3n2)cc1.CN(C)c1ccc(C=O)cc1.N.NC(=O)c1cc(Br)ccc1N.NCc1cc(Br)ccc1N.O.O=c1[nH]c2ccc(Br)cc2c(=O)o1.[B]. The van der Waals surface area contributed by atoms with Crippen LogP contribution in [0.1, 0.15) is 73.2 Å². The molecule has 10 rings (SSSR count). The Morgan fingerprint density at radius 3 is 1.61 bits per heavy atom. The molecular formula is C59H78BBr4N10O9. The van der Waals surface area contributed by atoms with E-state index in [0.717, 1.165) is 95.4 Å². The molecule has 3 radical (unpaired) electrons. The van der Waals surface area contributed by atoms with Crippen molar-refractivity contribution < 1.29 is 34.1 Å². The molecule has 0 aliphatic carbocycles. The molecule has 4 heterocycles. The molecular weight excluding hydrogens is 1320 g/mol. The summed E-state index contributed by atoms with van der Waals surface area (Å²) in [6.07, 6.45) is 7.65. The summed E-state index contributed by atoms with van der Waals surface area (Å²) in [5.74, 6) is -0.492. The van der Waals surface area contributed by atoms with Gasteiger partial charge in [0, 0.05) is 139 Å². The molecule has 8 aromatic rings. The van der Waals surface area contributed by atoms with Crippen molar-refractivity contribution in [2.75, 3.05) is 75.9 Å². The fourth-order valence-corrected chi connectivity index (χ4v) is 8.00. The van der Waals surface area contributed by atoms with Crippen LogP contribution in [0.3, 0.4) is 0 Å². The summed E-state index contributed by atoms with van der Waals surface area (Å²) < 4.78 is 17.9. The van der Waals surface area contributed by atoms with E-state index in [1.54, 1.807) is 50.2 Å². The maximum atomic E-state index is 11.1. The average molecular weight is 1400 g/mol. The number of aliphatic hydroxyl groups excluding tert-OH is 1. The first kappa shape index (κ1) is 78.8. The van der Waals surface area contributed by atoms with Gasteiger partial charge in [0.2, 0.25) is 0 Å². The number of aldehydes is 1. The van der Waals surface area contributed by atoms with E-state index in [-0.39, 0.29) is 33.6 Å². The predicted molar refractivity (Wildman–Crippen MR) is 356 cm³/mol. The van der Waals surface area contributed by atoms with Crippen LogP contribution >= 0.6 is 63.7 Å². The molecule has 2 aromatic heterocycles. The maximum Gasteiger partial charge on any atom is 0.419 e. The van der Waals surface area contributed by atoms with Gasteiger partial charge in [0.15, 0.2) is 5.82 Å². The fraction of sp³-hybridized carbons (Fsp3) is 0.288. The van der Waals surface area contributed by atoms with Gasteiger partial charge >= 0.3 is 11.4 Å². The molecule has 0 bridgehead atoms. The van der Waals surface area contributed by atoms with Gasteiger partial charge < -0.3 is 63.4 Å². The van der Waals surface area contributed by atoms with Crippen LogP contribution in [-0.2, 0) is 16.0 Å². The average Bonchev–Trinajstić information content (AvgIpc) is 4.23. The Labute approximate surface area is 521 Å². The molecule has 15 N–H and O–H groups in total. The number of nitrogens with one attached hydrogen (secondary N) is 1. The van der Waals surface area contributed by atoms with Crippen LogP contribution in [-0.4, -0.2) is 107 Å². The van der Waals surface area contributed by atoms with E-state index in [9.17, 15) is 19.2 Å². The summed E-state index contributed by atoms with van der Waals surface area (Å²) in [7, 11) is 7.99. The zero-order chi connectivity index (χ0) is 58.4. The molecule has 449 valence electrons. The summed E-state index contributed by atoms with van der Waals surface area (Å²) in [5, 5.41) is 9.45. The number of ether oxygens (including phenoxy) is 2. The first-order valence-corrected chi connectivity index (χ1v) is 28.0. The Bertz CT molecular complexity index is 3230. The van der Waals surface area contributed by atoms with Crippen LogP contribution in [0.25, 0.3) is 33.2 Å². The highest BCUT2D eigenvalue weighted by Crippen LogP contribution is 2.24. The van der Waals surface area contributed by atoms with Crippen LogP contribution < -0.4 is 50.3 Å². The van der Waals surface area contributed by atoms with Crippen LogP contribution in [0.15, 0.2) is 159 Å². The molecule has 0 unspecified atom stereocenters. The minimum Gasteiger partial charge on any atom is -0.412 e. The highest BCUT2D eigenvalue weighted by Gasteiger charge is 2.07. The number of anilines is 4. The van der Waals surface area contributed by atoms with Crippen molar-refractivity contribution in [3.05, 3.63) is 183 Å². The normalized spacial score (nSPS) is 11.2. The molecule has 24 heteroatoms. The molecule has 2 saturated heterocycles. The molecule has 83 heavy (non-hydrogen) atoms. The van der Waals surface area contributed by atoms with Gasteiger partial charge in [-0.1, -0.05) is 71.1 Å². The molecule has 0 spiro atoms. The maximum absolute atomic E-state index is 11.1. The van der Waals surface area contributed by atoms with Crippen molar-refractivity contribution in [2.24, 2.45) is 11.5 Å². The number of aromatic amines is 1. The van der Waals surface area contributed by atoms with Crippen molar-refractivity contribution in [3.63, 3.8) is 0 Å². The Hall–Kier alpha value is -6.32. The van der Waals surface area contributed by atoms with Crippen molar-refractivity contribution in [1.82, 2.24) is 21.1 Å². The number of H-pyrrole nitrogens is 1. The Morgan fingerprint density at radius 1 is 0.711 bits per heavy atom. The van der Waals surface area contributed by atoms with Gasteiger partial charge in [0.05, 0.1) is 22.0 Å². The number of aromatic nitrogens is 3. The number of benzene rings is 6. The molecule has 19 nitrogen and oxygen atoms in total. The highest BCUT2D eigenvalue weighted by atomic mass is 79.9. The fourth-order valence-electron chi connectivity index (χ4n) is 6.49. The lowest BCUT2D eigenvalue weighted by molar-refractivity contribution is 0.100. The van der Waals surface area contributed by atoms with E-state index in [1.165, 1.54) is 31.4 Å². The second-order valence-corrected chi connectivity index (χ2v) is 21.5. The number of fused-ring (bicyclic) bond motifs is 2. The van der Waals surface area contributed by atoms with Gasteiger partial charge in [0.25, 0.3) is 5.91 Å². The standard InChI is InChI=1S/C16H14BrN3.C9H11NO.C8H4BrNO3.C7H7BrN2O.C7H9BrN2.2C4H8O.C3H8O.CH4.B.H3N.H2O/c1-20(2)14-6-3-11(4-7-14)16-18-10-12-9-13(17)5-8-15(12)19-16;1-10(2)9-5-3-8(7-11)4-6-9;9-4-1-2-6-5(3-4)7(11)13-8(12)10-6;8-4-1-2-6(9)5(3-4)7(10)11;8-6-1-2-7(10)5(3-6)4-9;2*1-2-4-5-3-1;1-3(2)4;;;;/h3-10H,1-2H3;3-7H,1-2H3;1-3H,(H,10,12);1-3H,9H2,(H2,10,11);1-3H,4,9-10H2;2*1-4H2;3-4H,1-2H3;1H4;;1H3;1H2. The zero-order valence-electron chi connectivity index (χ0n) is 46.8. The number of nitrogen functional groups attached to an aromatic ring is 2. The summed E-state index contributed by atoms with van der Waals surface area (Å²) >= 11 is 13.2. The van der Waals surface area contributed by atoms with Gasteiger partial charge in [-0.25, -0.2) is 19.6 Å². The van der Waals surface area contributed by atoms with E-state index in [0.29, 0.717) is 28.7 Å². The number of hydrogen-bond donors (Lipinski definition) is 7. The summed E-state index contributed by atoms with van der Waals surface area (Å²) in [6, 6.07) is 37.3. The lowest BCUT2D eigenvalue weighted by Gasteiger charge is -2.12. The van der Waals surface area contributed by atoms with Gasteiger partial charge in [-0.3, -0.25) is 14.6 Å². The number of rotatable bonds is 6. The molecule has 1 amide bonds. The van der Waals surface area contributed by atoms with Gasteiger partial charge in [0.1, 0.15) is 6.29 Å². The molecule has 2 fully saturated rings. The largest absolute Gasteiger partial charge is 0.419 e. The number of nitrogens with two attached hydrogens (primary N) is 4. The highest BCUT2D eigenvalue weighted by molar-refractivity contribution is 9.11. The minimum absolute atomic E-state index is 0. The lowest BCUT2D eigenvalue weighted by atomic mass is 10.1. The van der Waals surface area contributed by atoms with E-state index >= 15 is 0 Å². The van der Waals surface area contributed by atoms with Crippen molar-refractivity contribution in [1.29, 1.82) is 0 Å². The van der Waals surface area contributed by atoms with Crippen LogP contribution in [0.5, 0.6) is 0 Å². The second kappa shape index (κ2) is 42.5. The monoisotopic (exact) mass is 1400 g/mol. The van der Waals surface area contributed by atoms with Crippen molar-refractivity contribution >= 4 is 129 Å². The third-order valence-corrected chi connectivity index (χ3v) is 12.6. The molecule has 6 aromatic carbocycles. The number of nitrogens with zero attached hydrogens (tertiary/aromatic N) is 4. The van der Waals surface area contributed by atoms with E-state index < -0.39 is 17.3 Å². The minimum atomic E-state index is -0.736. The Kier molecular flexibility index (Phi) is 40.3. The second-order valence-electron chi connectivity index (χ2n) is 17.8. The number of aliphatic hydroxyl groups is 1. The third kappa shape index (κ3) is 30.2. The third-order valence-electron chi connectivity index (χ3n) is 10.6. The molecule has 2 aliphatic heterocycles.